The van der Waals surface area contributed by atoms with Gasteiger partial charge in [0.25, 0.3) is 0 Å². The minimum absolute atomic E-state index is 0.311. The van der Waals surface area contributed by atoms with Crippen molar-refractivity contribution in [2.45, 2.75) is 59.4 Å². The van der Waals surface area contributed by atoms with E-state index in [0.29, 0.717) is 18.4 Å². The third-order valence-corrected chi connectivity index (χ3v) is 2.67. The van der Waals surface area contributed by atoms with E-state index in [2.05, 4.69) is 32.6 Å². The summed E-state index contributed by atoms with van der Waals surface area (Å²) in [6, 6.07) is 0.585. The first-order chi connectivity index (χ1) is 7.43. The predicted octanol–water partition coefficient (Wildman–Crippen LogP) is 3.00. The van der Waals surface area contributed by atoms with Gasteiger partial charge in [-0.1, -0.05) is 20.3 Å². The Labute approximate surface area is 99.8 Å². The number of carboxylic acid groups (broad SMARTS) is 1. The molecule has 0 aromatic rings. The van der Waals surface area contributed by atoms with Crippen molar-refractivity contribution in [3.63, 3.8) is 0 Å². The standard InChI is InChI=1S/C13H27NO2/c1-11(2)10-14(12(3)4)9-7-5-6-8-13(15)16/h11-12H,5-10H2,1-4H3,(H,15,16). The second kappa shape index (κ2) is 8.57. The zero-order chi connectivity index (χ0) is 12.6. The van der Waals surface area contributed by atoms with Crippen LogP contribution in [0.1, 0.15) is 53.4 Å². The van der Waals surface area contributed by atoms with E-state index in [1.165, 1.54) is 0 Å². The third-order valence-electron chi connectivity index (χ3n) is 2.67. The van der Waals surface area contributed by atoms with Crippen LogP contribution in [0.5, 0.6) is 0 Å². The van der Waals surface area contributed by atoms with Crippen molar-refractivity contribution in [2.75, 3.05) is 13.1 Å². The van der Waals surface area contributed by atoms with Gasteiger partial charge in [0.05, 0.1) is 0 Å². The zero-order valence-electron chi connectivity index (χ0n) is 11.2. The molecule has 0 aromatic heterocycles. The van der Waals surface area contributed by atoms with Gasteiger partial charge in [-0.2, -0.15) is 0 Å². The monoisotopic (exact) mass is 229 g/mol. The molecule has 3 heteroatoms. The summed E-state index contributed by atoms with van der Waals surface area (Å²) in [6.07, 6.45) is 3.25. The molecule has 0 aliphatic carbocycles. The lowest BCUT2D eigenvalue weighted by Crippen LogP contribution is -2.34. The number of aliphatic carboxylic acids is 1. The maximum absolute atomic E-state index is 10.3. The van der Waals surface area contributed by atoms with Gasteiger partial charge >= 0.3 is 5.97 Å². The van der Waals surface area contributed by atoms with Gasteiger partial charge in [0, 0.05) is 19.0 Å². The maximum Gasteiger partial charge on any atom is 0.303 e. The summed E-state index contributed by atoms with van der Waals surface area (Å²) >= 11 is 0. The van der Waals surface area contributed by atoms with Crippen LogP contribution in [0.2, 0.25) is 0 Å². The summed E-state index contributed by atoms with van der Waals surface area (Å²) in [7, 11) is 0. The lowest BCUT2D eigenvalue weighted by atomic mass is 10.1. The summed E-state index contributed by atoms with van der Waals surface area (Å²) in [4.78, 5) is 12.8. The summed E-state index contributed by atoms with van der Waals surface area (Å²) < 4.78 is 0. The summed E-state index contributed by atoms with van der Waals surface area (Å²) in [5.74, 6) is 0.0179. The normalized spacial score (nSPS) is 11.7. The van der Waals surface area contributed by atoms with Crippen molar-refractivity contribution in [2.24, 2.45) is 5.92 Å². The molecule has 0 heterocycles. The van der Waals surface area contributed by atoms with Crippen molar-refractivity contribution in [1.29, 1.82) is 0 Å². The molecular weight excluding hydrogens is 202 g/mol. The highest BCUT2D eigenvalue weighted by atomic mass is 16.4. The van der Waals surface area contributed by atoms with Crippen LogP contribution in [-0.2, 0) is 4.79 Å². The highest BCUT2D eigenvalue weighted by Gasteiger charge is 2.10. The average molecular weight is 229 g/mol. The van der Waals surface area contributed by atoms with Gasteiger partial charge in [0.15, 0.2) is 0 Å². The van der Waals surface area contributed by atoms with Crippen LogP contribution in [0.15, 0.2) is 0 Å². The third kappa shape index (κ3) is 8.72. The quantitative estimate of drug-likeness (QED) is 0.618. The lowest BCUT2D eigenvalue weighted by molar-refractivity contribution is -0.137. The van der Waals surface area contributed by atoms with Crippen LogP contribution in [0.3, 0.4) is 0 Å². The van der Waals surface area contributed by atoms with Crippen LogP contribution < -0.4 is 0 Å². The topological polar surface area (TPSA) is 40.5 Å². The molecule has 16 heavy (non-hydrogen) atoms. The van der Waals surface area contributed by atoms with Crippen molar-refractivity contribution in [3.8, 4) is 0 Å². The lowest BCUT2D eigenvalue weighted by Gasteiger charge is -2.28. The van der Waals surface area contributed by atoms with E-state index in [4.69, 9.17) is 5.11 Å². The fourth-order valence-electron chi connectivity index (χ4n) is 1.80. The van der Waals surface area contributed by atoms with Crippen molar-refractivity contribution >= 4 is 5.97 Å². The van der Waals surface area contributed by atoms with Crippen molar-refractivity contribution < 1.29 is 9.90 Å². The van der Waals surface area contributed by atoms with E-state index in [9.17, 15) is 4.79 Å². The van der Waals surface area contributed by atoms with Gasteiger partial charge in [-0.25, -0.2) is 0 Å². The minimum atomic E-state index is -0.678. The molecule has 0 radical (unpaired) electrons. The average Bonchev–Trinajstić information content (AvgIpc) is 2.14. The van der Waals surface area contributed by atoms with E-state index in [1.807, 2.05) is 0 Å². The van der Waals surface area contributed by atoms with Crippen LogP contribution in [-0.4, -0.2) is 35.1 Å². The van der Waals surface area contributed by atoms with Crippen molar-refractivity contribution in [1.82, 2.24) is 4.90 Å². The van der Waals surface area contributed by atoms with Crippen LogP contribution in [0.25, 0.3) is 0 Å². The highest BCUT2D eigenvalue weighted by molar-refractivity contribution is 5.66. The van der Waals surface area contributed by atoms with Gasteiger partial charge in [-0.15, -0.1) is 0 Å². The Kier molecular flexibility index (Phi) is 8.26. The Balaban J connectivity index is 3.64. The molecule has 0 bridgehead atoms. The van der Waals surface area contributed by atoms with Gasteiger partial charge in [-0.3, -0.25) is 4.79 Å². The molecule has 0 spiro atoms. The first-order valence-electron chi connectivity index (χ1n) is 6.39. The molecule has 0 aliphatic rings. The van der Waals surface area contributed by atoms with Crippen LogP contribution >= 0.6 is 0 Å². The van der Waals surface area contributed by atoms with E-state index < -0.39 is 5.97 Å². The minimum Gasteiger partial charge on any atom is -0.481 e. The summed E-state index contributed by atoms with van der Waals surface area (Å²) in [6.45, 7) is 11.1. The Morgan fingerprint density at radius 2 is 1.75 bits per heavy atom. The predicted molar refractivity (Wildman–Crippen MR) is 67.7 cm³/mol. The molecule has 96 valence electrons. The number of hydrogen-bond acceptors (Lipinski definition) is 2. The second-order valence-electron chi connectivity index (χ2n) is 5.19. The highest BCUT2D eigenvalue weighted by Crippen LogP contribution is 2.08. The maximum atomic E-state index is 10.3. The number of nitrogens with zero attached hydrogens (tertiary/aromatic N) is 1. The van der Waals surface area contributed by atoms with Gasteiger partial charge in [0.1, 0.15) is 0 Å². The molecule has 3 nitrogen and oxygen atoms in total. The molecule has 0 aliphatic heterocycles. The number of rotatable bonds is 9. The molecular formula is C13H27NO2. The van der Waals surface area contributed by atoms with Gasteiger partial charge in [0.2, 0.25) is 0 Å². The fraction of sp³-hybridized carbons (Fsp3) is 0.923. The molecule has 0 saturated carbocycles. The zero-order valence-corrected chi connectivity index (χ0v) is 11.2. The molecule has 0 saturated heterocycles. The molecule has 0 unspecified atom stereocenters. The number of unbranched alkanes of at least 4 members (excludes halogenated alkanes) is 2. The van der Waals surface area contributed by atoms with Crippen LogP contribution in [0, 0.1) is 5.92 Å². The molecule has 0 rings (SSSR count). The van der Waals surface area contributed by atoms with E-state index >= 15 is 0 Å². The second-order valence-corrected chi connectivity index (χ2v) is 5.19. The Bertz CT molecular complexity index is 190. The largest absolute Gasteiger partial charge is 0.481 e. The van der Waals surface area contributed by atoms with Gasteiger partial charge < -0.3 is 10.0 Å². The van der Waals surface area contributed by atoms with E-state index in [1.54, 1.807) is 0 Å². The smallest absolute Gasteiger partial charge is 0.303 e. The number of carbonyl (C=O) groups is 1. The van der Waals surface area contributed by atoms with Gasteiger partial charge in [-0.05, 0) is 39.2 Å². The summed E-state index contributed by atoms with van der Waals surface area (Å²) in [5.41, 5.74) is 0. The molecule has 0 atom stereocenters. The molecule has 0 aromatic carbocycles. The number of carboxylic acids is 1. The van der Waals surface area contributed by atoms with E-state index in [0.717, 1.165) is 32.4 Å². The SMILES string of the molecule is CC(C)CN(CCCCCC(=O)O)C(C)C. The molecule has 0 fully saturated rings. The Morgan fingerprint density at radius 1 is 1.12 bits per heavy atom. The first-order valence-corrected chi connectivity index (χ1v) is 6.39. The summed E-state index contributed by atoms with van der Waals surface area (Å²) in [5, 5.41) is 8.52. The Hall–Kier alpha value is -0.570. The van der Waals surface area contributed by atoms with Crippen LogP contribution in [0.4, 0.5) is 0 Å². The van der Waals surface area contributed by atoms with Crippen molar-refractivity contribution in [3.05, 3.63) is 0 Å². The van der Waals surface area contributed by atoms with E-state index in [-0.39, 0.29) is 0 Å². The molecule has 0 amide bonds. The first kappa shape index (κ1) is 15.4. The molecule has 1 N–H and O–H groups in total. The fourth-order valence-corrected chi connectivity index (χ4v) is 1.80. The number of hydrogen-bond donors (Lipinski definition) is 1. The Morgan fingerprint density at radius 3 is 2.19 bits per heavy atom.